The zero-order valence-electron chi connectivity index (χ0n) is 14.4. The number of amides is 1. The van der Waals surface area contributed by atoms with Gasteiger partial charge in [-0.25, -0.2) is 4.39 Å². The Morgan fingerprint density at radius 1 is 1.24 bits per heavy atom. The number of H-pyrrole nitrogens is 1. The third kappa shape index (κ3) is 4.61. The Bertz CT molecular complexity index is 678. The Labute approximate surface area is 154 Å². The van der Waals surface area contributed by atoms with Gasteiger partial charge in [0.1, 0.15) is 5.82 Å². The molecule has 0 aliphatic carbocycles. The average Bonchev–Trinajstić information content (AvgIpc) is 3.10. The molecule has 0 radical (unpaired) electrons. The van der Waals surface area contributed by atoms with Crippen LogP contribution in [-0.2, 0) is 0 Å². The largest absolute Gasteiger partial charge is 0.366 e. The molecule has 0 bridgehead atoms. The number of hydrogen-bond acceptors (Lipinski definition) is 2. The van der Waals surface area contributed by atoms with Crippen molar-refractivity contribution in [3.63, 3.8) is 0 Å². The highest BCUT2D eigenvalue weighted by molar-refractivity contribution is 6.00. The van der Waals surface area contributed by atoms with E-state index in [1.54, 1.807) is 24.5 Å². The summed E-state index contributed by atoms with van der Waals surface area (Å²) in [5, 5.41) is 3.39. The summed E-state index contributed by atoms with van der Waals surface area (Å²) in [6.07, 6.45) is 5.62. The van der Waals surface area contributed by atoms with E-state index in [1.807, 2.05) is 4.90 Å². The van der Waals surface area contributed by atoms with Gasteiger partial charge in [0.25, 0.3) is 5.91 Å². The molecule has 1 amide bonds. The summed E-state index contributed by atoms with van der Waals surface area (Å²) < 4.78 is 13.1. The molecule has 4 nitrogen and oxygen atoms in total. The molecule has 6 heteroatoms. The minimum atomic E-state index is -0.273. The van der Waals surface area contributed by atoms with Crippen LogP contribution in [0.1, 0.15) is 30.1 Å². The SMILES string of the molecule is CCNCC1CCN(C(=O)c2c[nH]cc2-c2ccc(F)cc2)CC1.Cl. The summed E-state index contributed by atoms with van der Waals surface area (Å²) in [5.41, 5.74) is 2.34. The Balaban J connectivity index is 0.00000225. The van der Waals surface area contributed by atoms with Crippen LogP contribution in [0.15, 0.2) is 36.7 Å². The molecule has 2 N–H and O–H groups in total. The molecule has 136 valence electrons. The van der Waals surface area contributed by atoms with Gasteiger partial charge in [-0.2, -0.15) is 0 Å². The highest BCUT2D eigenvalue weighted by Crippen LogP contribution is 2.26. The van der Waals surface area contributed by atoms with Crippen LogP contribution in [-0.4, -0.2) is 42.0 Å². The van der Waals surface area contributed by atoms with Crippen molar-refractivity contribution in [1.82, 2.24) is 15.2 Å². The van der Waals surface area contributed by atoms with Crippen molar-refractivity contribution in [3.8, 4) is 11.1 Å². The molecule has 1 aromatic carbocycles. The quantitative estimate of drug-likeness (QED) is 0.848. The molecule has 1 saturated heterocycles. The third-order valence-corrected chi connectivity index (χ3v) is 4.72. The lowest BCUT2D eigenvalue weighted by Crippen LogP contribution is -2.40. The van der Waals surface area contributed by atoms with Gasteiger partial charge in [-0.05, 0) is 49.5 Å². The molecule has 2 aromatic rings. The summed E-state index contributed by atoms with van der Waals surface area (Å²) >= 11 is 0. The lowest BCUT2D eigenvalue weighted by atomic mass is 9.95. The maximum absolute atomic E-state index is 13.1. The first-order valence-electron chi connectivity index (χ1n) is 8.61. The van der Waals surface area contributed by atoms with E-state index >= 15 is 0 Å². The maximum atomic E-state index is 13.1. The highest BCUT2D eigenvalue weighted by Gasteiger charge is 2.25. The lowest BCUT2D eigenvalue weighted by Gasteiger charge is -2.32. The number of carbonyl (C=O) groups is 1. The number of aromatic amines is 1. The van der Waals surface area contributed by atoms with Crippen molar-refractivity contribution in [2.75, 3.05) is 26.2 Å². The van der Waals surface area contributed by atoms with Crippen LogP contribution in [0.3, 0.4) is 0 Å². The number of nitrogens with one attached hydrogen (secondary N) is 2. The van der Waals surface area contributed by atoms with E-state index in [4.69, 9.17) is 0 Å². The second-order valence-corrected chi connectivity index (χ2v) is 6.33. The second-order valence-electron chi connectivity index (χ2n) is 6.33. The molecule has 0 saturated carbocycles. The molecule has 2 heterocycles. The molecular weight excluding hydrogens is 341 g/mol. The van der Waals surface area contributed by atoms with Crippen molar-refractivity contribution >= 4 is 18.3 Å². The van der Waals surface area contributed by atoms with E-state index in [0.717, 1.165) is 50.1 Å². The summed E-state index contributed by atoms with van der Waals surface area (Å²) in [6.45, 7) is 5.72. The third-order valence-electron chi connectivity index (χ3n) is 4.72. The smallest absolute Gasteiger partial charge is 0.256 e. The van der Waals surface area contributed by atoms with E-state index in [2.05, 4.69) is 17.2 Å². The van der Waals surface area contributed by atoms with Crippen LogP contribution in [0.5, 0.6) is 0 Å². The Morgan fingerprint density at radius 3 is 2.56 bits per heavy atom. The van der Waals surface area contributed by atoms with E-state index in [0.29, 0.717) is 11.5 Å². The average molecular weight is 366 g/mol. The summed E-state index contributed by atoms with van der Waals surface area (Å²) in [7, 11) is 0. The van der Waals surface area contributed by atoms with Crippen molar-refractivity contribution < 1.29 is 9.18 Å². The van der Waals surface area contributed by atoms with Crippen molar-refractivity contribution in [3.05, 3.63) is 48.0 Å². The van der Waals surface area contributed by atoms with Gasteiger partial charge in [0.05, 0.1) is 5.56 Å². The second kappa shape index (κ2) is 9.02. The zero-order valence-corrected chi connectivity index (χ0v) is 15.2. The summed E-state index contributed by atoms with van der Waals surface area (Å²) in [4.78, 5) is 17.8. The molecule has 25 heavy (non-hydrogen) atoms. The fourth-order valence-corrected chi connectivity index (χ4v) is 3.27. The van der Waals surface area contributed by atoms with Crippen LogP contribution in [0.25, 0.3) is 11.1 Å². The minimum absolute atomic E-state index is 0. The molecule has 1 aliphatic heterocycles. The number of halogens is 2. The molecular formula is C19H25ClFN3O. The standard InChI is InChI=1S/C19H24FN3O.ClH/c1-2-21-11-14-7-9-23(10-8-14)19(24)18-13-22-12-17(18)15-3-5-16(20)6-4-15;/h3-6,12-14,21-22H,2,7-11H2,1H3;1H. The molecule has 1 aliphatic rings. The maximum Gasteiger partial charge on any atom is 0.256 e. The number of benzene rings is 1. The van der Waals surface area contributed by atoms with Gasteiger partial charge in [-0.3, -0.25) is 4.79 Å². The van der Waals surface area contributed by atoms with E-state index in [1.165, 1.54) is 12.1 Å². The number of rotatable bonds is 5. The molecule has 1 aromatic heterocycles. The predicted molar refractivity (Wildman–Crippen MR) is 101 cm³/mol. The Hall–Kier alpha value is -1.85. The number of hydrogen-bond donors (Lipinski definition) is 2. The van der Waals surface area contributed by atoms with Crippen LogP contribution >= 0.6 is 12.4 Å². The van der Waals surface area contributed by atoms with Crippen molar-refractivity contribution in [2.45, 2.75) is 19.8 Å². The number of piperidine rings is 1. The van der Waals surface area contributed by atoms with E-state index in [9.17, 15) is 9.18 Å². The first kappa shape index (κ1) is 19.5. The van der Waals surface area contributed by atoms with Crippen molar-refractivity contribution in [2.24, 2.45) is 5.92 Å². The van der Waals surface area contributed by atoms with Crippen LogP contribution in [0.4, 0.5) is 4.39 Å². The lowest BCUT2D eigenvalue weighted by molar-refractivity contribution is 0.0691. The number of carbonyl (C=O) groups excluding carboxylic acids is 1. The molecule has 3 rings (SSSR count). The molecule has 0 spiro atoms. The topological polar surface area (TPSA) is 48.1 Å². The van der Waals surface area contributed by atoms with Gasteiger partial charge < -0.3 is 15.2 Å². The molecule has 0 atom stereocenters. The number of likely N-dealkylation sites (tertiary alicyclic amines) is 1. The first-order valence-corrected chi connectivity index (χ1v) is 8.61. The Kier molecular flexibility index (Phi) is 7.02. The fourth-order valence-electron chi connectivity index (χ4n) is 3.27. The predicted octanol–water partition coefficient (Wildman–Crippen LogP) is 3.70. The van der Waals surface area contributed by atoms with Crippen molar-refractivity contribution in [1.29, 1.82) is 0 Å². The van der Waals surface area contributed by atoms with Crippen LogP contribution in [0.2, 0.25) is 0 Å². The fraction of sp³-hybridized carbons (Fsp3) is 0.421. The highest BCUT2D eigenvalue weighted by atomic mass is 35.5. The Morgan fingerprint density at radius 2 is 1.92 bits per heavy atom. The monoisotopic (exact) mass is 365 g/mol. The van der Waals surface area contributed by atoms with Gasteiger partial charge in [0.2, 0.25) is 0 Å². The van der Waals surface area contributed by atoms with Gasteiger partial charge >= 0.3 is 0 Å². The van der Waals surface area contributed by atoms with Gasteiger partial charge in [0.15, 0.2) is 0 Å². The van der Waals surface area contributed by atoms with Crippen LogP contribution < -0.4 is 5.32 Å². The van der Waals surface area contributed by atoms with E-state index < -0.39 is 0 Å². The van der Waals surface area contributed by atoms with Gasteiger partial charge in [-0.1, -0.05) is 19.1 Å². The summed E-state index contributed by atoms with van der Waals surface area (Å²) in [6, 6.07) is 6.25. The van der Waals surface area contributed by atoms with Gasteiger partial charge in [-0.15, -0.1) is 12.4 Å². The summed E-state index contributed by atoms with van der Waals surface area (Å²) in [5.74, 6) is 0.430. The first-order chi connectivity index (χ1) is 11.7. The number of nitrogens with zero attached hydrogens (tertiary/aromatic N) is 1. The zero-order chi connectivity index (χ0) is 16.9. The molecule has 1 fully saturated rings. The van der Waals surface area contributed by atoms with Crippen LogP contribution in [0, 0.1) is 11.7 Å². The molecule has 0 unspecified atom stereocenters. The minimum Gasteiger partial charge on any atom is -0.366 e. The number of aromatic nitrogens is 1. The normalized spacial score (nSPS) is 15.0. The van der Waals surface area contributed by atoms with E-state index in [-0.39, 0.29) is 24.1 Å². The van der Waals surface area contributed by atoms with Gasteiger partial charge in [0, 0.05) is 31.0 Å².